The first kappa shape index (κ1) is 39.8. The summed E-state index contributed by atoms with van der Waals surface area (Å²) in [6, 6.07) is 3.45. The maximum absolute atomic E-state index is 14.2. The van der Waals surface area contributed by atoms with Crippen LogP contribution in [0, 0.1) is 12.8 Å². The average molecular weight is 709 g/mol. The van der Waals surface area contributed by atoms with Crippen LogP contribution in [0.3, 0.4) is 0 Å². The van der Waals surface area contributed by atoms with Crippen molar-refractivity contribution in [1.82, 2.24) is 31.1 Å². The van der Waals surface area contributed by atoms with E-state index in [1.165, 1.54) is 36.0 Å². The summed E-state index contributed by atoms with van der Waals surface area (Å²) in [5.41, 5.74) is 0.615. The van der Waals surface area contributed by atoms with Gasteiger partial charge in [0.05, 0.1) is 6.10 Å². The molecule has 2 saturated heterocycles. The number of benzene rings is 1. The fourth-order valence-electron chi connectivity index (χ4n) is 7.42. The lowest BCUT2D eigenvalue weighted by molar-refractivity contribution is -0.146. The first-order valence-corrected chi connectivity index (χ1v) is 18.8. The first-order valence-electron chi connectivity index (χ1n) is 18.8. The highest BCUT2D eigenvalue weighted by Crippen LogP contribution is 2.28. The summed E-state index contributed by atoms with van der Waals surface area (Å²) in [4.78, 5) is 83.1. The SMILES string of the molecule is [CH][C@H](NC(=O)[C@@H]1CCCCN1C(=O)[C@@H](NC(=O)CCC1CCCCC1)c1ccccc1)C(=O)N1CCC[C@H]1C(=O)N[C@H](C(=O)NCCC)C(C)O. The number of nitrogens with zero attached hydrogens (tertiary/aromatic N) is 2. The van der Waals surface area contributed by atoms with E-state index >= 15 is 0 Å². The molecule has 2 aliphatic heterocycles. The molecule has 1 aromatic rings. The molecule has 1 aromatic carbocycles. The lowest BCUT2D eigenvalue weighted by Gasteiger charge is -2.38. The summed E-state index contributed by atoms with van der Waals surface area (Å²) in [7, 11) is 0. The van der Waals surface area contributed by atoms with Crippen molar-refractivity contribution in [1.29, 1.82) is 0 Å². The van der Waals surface area contributed by atoms with E-state index in [1.54, 1.807) is 24.3 Å². The second kappa shape index (κ2) is 19.6. The van der Waals surface area contributed by atoms with Crippen molar-refractivity contribution in [3.63, 3.8) is 0 Å². The number of amides is 6. The Hall–Kier alpha value is -4.00. The predicted octanol–water partition coefficient (Wildman–Crippen LogP) is 2.16. The Labute approximate surface area is 302 Å². The highest BCUT2D eigenvalue weighted by atomic mass is 16.3. The number of aliphatic hydroxyl groups is 1. The van der Waals surface area contributed by atoms with E-state index in [4.69, 9.17) is 6.92 Å². The minimum Gasteiger partial charge on any atom is -0.391 e. The zero-order valence-corrected chi connectivity index (χ0v) is 30.1. The Bertz CT molecular complexity index is 1350. The highest BCUT2D eigenvalue weighted by molar-refractivity contribution is 5.97. The van der Waals surface area contributed by atoms with Crippen LogP contribution in [0.2, 0.25) is 0 Å². The molecule has 6 atom stereocenters. The van der Waals surface area contributed by atoms with Crippen LogP contribution in [0.15, 0.2) is 30.3 Å². The summed E-state index contributed by atoms with van der Waals surface area (Å²) in [6.07, 6.45) is 8.98. The van der Waals surface area contributed by atoms with E-state index in [2.05, 4.69) is 21.3 Å². The molecule has 6 amide bonds. The summed E-state index contributed by atoms with van der Waals surface area (Å²) in [5.74, 6) is -2.50. The number of carbonyl (C=O) groups is 6. The minimum absolute atomic E-state index is 0.209. The Kier molecular flexibility index (Phi) is 15.3. The van der Waals surface area contributed by atoms with Gasteiger partial charge >= 0.3 is 0 Å². The van der Waals surface area contributed by atoms with E-state index in [0.717, 1.165) is 19.3 Å². The molecule has 280 valence electrons. The monoisotopic (exact) mass is 708 g/mol. The number of hydrogen-bond acceptors (Lipinski definition) is 7. The summed E-state index contributed by atoms with van der Waals surface area (Å²) < 4.78 is 0. The number of hydrogen-bond donors (Lipinski definition) is 5. The van der Waals surface area contributed by atoms with Gasteiger partial charge in [0.15, 0.2) is 0 Å². The maximum atomic E-state index is 14.2. The number of carbonyl (C=O) groups excluding carboxylic acids is 6. The van der Waals surface area contributed by atoms with Crippen LogP contribution in [0.25, 0.3) is 0 Å². The van der Waals surface area contributed by atoms with E-state index in [-0.39, 0.29) is 12.5 Å². The average Bonchev–Trinajstić information content (AvgIpc) is 3.64. The lowest BCUT2D eigenvalue weighted by atomic mass is 9.86. The van der Waals surface area contributed by atoms with Gasteiger partial charge in [0.25, 0.3) is 0 Å². The Balaban J connectivity index is 1.40. The van der Waals surface area contributed by atoms with Crippen molar-refractivity contribution in [2.45, 2.75) is 134 Å². The molecule has 0 aromatic heterocycles. The van der Waals surface area contributed by atoms with Gasteiger partial charge in [-0.15, -0.1) is 0 Å². The van der Waals surface area contributed by atoms with Gasteiger partial charge in [-0.2, -0.15) is 0 Å². The van der Waals surface area contributed by atoms with Crippen LogP contribution in [0.1, 0.15) is 109 Å². The third kappa shape index (κ3) is 11.0. The molecule has 0 spiro atoms. The normalized spacial score (nSPS) is 21.9. The van der Waals surface area contributed by atoms with Crippen LogP contribution < -0.4 is 21.3 Å². The standard InChI is InChI=1S/C38H56N6O7/c1-4-22-39-36(49)32(26(3)45)42-35(48)30-19-13-24-43(30)37(50)25(2)40-34(47)29-18-11-12-23-44(29)38(51)33(28-16-9-6-10-17-28)41-31(46)21-20-27-14-7-5-8-15-27/h2,6,9-10,16-17,25-27,29-30,32-33,45H,4-5,7-8,11-15,18-24H2,1,3H3,(H,39,49)(H,40,47)(H,41,46)(H,42,48)/t25-,26?,29-,30-,32-,33-/m0/s1. The van der Waals surface area contributed by atoms with Crippen LogP contribution in [-0.4, -0.2) is 100 Å². The molecule has 51 heavy (non-hydrogen) atoms. The van der Waals surface area contributed by atoms with E-state index in [1.807, 2.05) is 13.0 Å². The van der Waals surface area contributed by atoms with Crippen molar-refractivity contribution in [2.24, 2.45) is 5.92 Å². The minimum atomic E-state index is -1.49. The van der Waals surface area contributed by atoms with Gasteiger partial charge in [-0.25, -0.2) is 0 Å². The van der Waals surface area contributed by atoms with Crippen molar-refractivity contribution in [3.05, 3.63) is 42.8 Å². The maximum Gasteiger partial charge on any atom is 0.250 e. The second-order valence-corrected chi connectivity index (χ2v) is 14.2. The largest absolute Gasteiger partial charge is 0.391 e. The number of likely N-dealkylation sites (tertiary alicyclic amines) is 2. The smallest absolute Gasteiger partial charge is 0.250 e. The molecule has 1 saturated carbocycles. The number of piperidine rings is 1. The molecule has 2 heterocycles. The number of rotatable bonds is 15. The zero-order chi connectivity index (χ0) is 36.9. The molecule has 13 nitrogen and oxygen atoms in total. The van der Waals surface area contributed by atoms with Gasteiger partial charge < -0.3 is 36.2 Å². The van der Waals surface area contributed by atoms with Gasteiger partial charge in [-0.05, 0) is 70.3 Å². The van der Waals surface area contributed by atoms with Crippen molar-refractivity contribution in [3.8, 4) is 0 Å². The molecule has 0 bridgehead atoms. The van der Waals surface area contributed by atoms with E-state index in [0.29, 0.717) is 69.5 Å². The molecule has 2 radical (unpaired) electrons. The molecule has 1 aliphatic carbocycles. The molecule has 1 unspecified atom stereocenters. The number of nitrogens with one attached hydrogen (secondary N) is 4. The van der Waals surface area contributed by atoms with Crippen LogP contribution in [-0.2, 0) is 28.8 Å². The lowest BCUT2D eigenvalue weighted by Crippen LogP contribution is -2.60. The third-order valence-electron chi connectivity index (χ3n) is 10.3. The Morgan fingerprint density at radius 2 is 1.41 bits per heavy atom. The summed E-state index contributed by atoms with van der Waals surface area (Å²) >= 11 is 0. The highest BCUT2D eigenvalue weighted by Gasteiger charge is 2.41. The van der Waals surface area contributed by atoms with Gasteiger partial charge in [0.2, 0.25) is 35.4 Å². The van der Waals surface area contributed by atoms with Gasteiger partial charge in [-0.3, -0.25) is 28.8 Å². The number of aliphatic hydroxyl groups excluding tert-OH is 1. The van der Waals surface area contributed by atoms with Crippen molar-refractivity contribution >= 4 is 35.4 Å². The van der Waals surface area contributed by atoms with E-state index < -0.39 is 65.8 Å². The fraction of sp³-hybridized carbons (Fsp3) is 0.658. The molecule has 3 aliphatic rings. The molecule has 3 fully saturated rings. The first-order chi connectivity index (χ1) is 24.5. The van der Waals surface area contributed by atoms with Crippen molar-refractivity contribution in [2.75, 3.05) is 19.6 Å². The van der Waals surface area contributed by atoms with E-state index in [9.17, 15) is 33.9 Å². The Morgan fingerprint density at radius 3 is 2.08 bits per heavy atom. The topological polar surface area (TPSA) is 177 Å². The fourth-order valence-corrected chi connectivity index (χ4v) is 7.42. The Morgan fingerprint density at radius 1 is 0.804 bits per heavy atom. The molecular weight excluding hydrogens is 652 g/mol. The third-order valence-corrected chi connectivity index (χ3v) is 10.3. The van der Waals surface area contributed by atoms with Crippen LogP contribution in [0.4, 0.5) is 0 Å². The zero-order valence-electron chi connectivity index (χ0n) is 30.1. The molecule has 5 N–H and O–H groups in total. The molecular formula is C38H56N6O7. The van der Waals surface area contributed by atoms with Gasteiger partial charge in [0, 0.05) is 26.1 Å². The van der Waals surface area contributed by atoms with Crippen molar-refractivity contribution < 1.29 is 33.9 Å². The quantitative estimate of drug-likeness (QED) is 0.185. The molecule has 4 rings (SSSR count). The summed E-state index contributed by atoms with van der Waals surface area (Å²) in [5, 5.41) is 20.9. The van der Waals surface area contributed by atoms with Gasteiger partial charge in [-0.1, -0.05) is 69.4 Å². The summed E-state index contributed by atoms with van der Waals surface area (Å²) in [6.45, 7) is 10.4. The van der Waals surface area contributed by atoms with Crippen LogP contribution >= 0.6 is 0 Å². The molecule has 13 heteroatoms. The van der Waals surface area contributed by atoms with Crippen LogP contribution in [0.5, 0.6) is 0 Å². The predicted molar refractivity (Wildman–Crippen MR) is 190 cm³/mol. The second-order valence-electron chi connectivity index (χ2n) is 14.2. The van der Waals surface area contributed by atoms with Gasteiger partial charge in [0.1, 0.15) is 30.2 Å².